The molecule has 1 saturated carbocycles. The van der Waals surface area contributed by atoms with Gasteiger partial charge in [0.05, 0.1) is 10.2 Å². The second-order valence-electron chi connectivity index (χ2n) is 6.28. The fourth-order valence-corrected chi connectivity index (χ4v) is 4.89. The number of thioether (sulfide) groups is 1. The molecule has 0 aliphatic heterocycles. The van der Waals surface area contributed by atoms with E-state index in [0.29, 0.717) is 11.7 Å². The maximum absolute atomic E-state index is 12.0. The molecule has 0 bridgehead atoms. The Balaban J connectivity index is 1.30. The minimum absolute atomic E-state index is 0.115. The lowest BCUT2D eigenvalue weighted by molar-refractivity contribution is 0.0195. The lowest BCUT2D eigenvalue weighted by Crippen LogP contribution is -2.23. The fraction of sp³-hybridized carbons (Fsp3) is 0.300. The van der Waals surface area contributed by atoms with Crippen LogP contribution in [0.3, 0.4) is 0 Å². The van der Waals surface area contributed by atoms with Gasteiger partial charge in [0, 0.05) is 5.75 Å². The minimum Gasteiger partial charge on any atom is -0.430 e. The highest BCUT2D eigenvalue weighted by Gasteiger charge is 2.34. The van der Waals surface area contributed by atoms with Gasteiger partial charge in [0.2, 0.25) is 0 Å². The van der Waals surface area contributed by atoms with Crippen LogP contribution < -0.4 is 0 Å². The van der Waals surface area contributed by atoms with Crippen molar-refractivity contribution in [2.75, 3.05) is 5.75 Å². The van der Waals surface area contributed by atoms with Gasteiger partial charge in [-0.05, 0) is 36.5 Å². The van der Waals surface area contributed by atoms with E-state index in [1.807, 2.05) is 48.5 Å². The number of ether oxygens (including phenoxy) is 2. The Morgan fingerprint density at radius 3 is 2.69 bits per heavy atom. The number of carbonyl (C=O) groups is 1. The summed E-state index contributed by atoms with van der Waals surface area (Å²) in [6.45, 7) is 0.238. The zero-order valence-corrected chi connectivity index (χ0v) is 15.8. The van der Waals surface area contributed by atoms with Crippen LogP contribution in [0.4, 0.5) is 4.79 Å². The molecular weight excluding hydrogens is 366 g/mol. The molecule has 0 saturated heterocycles. The number of fused-ring (bicyclic) bond motifs is 1. The van der Waals surface area contributed by atoms with Crippen LogP contribution in [0.5, 0.6) is 0 Å². The van der Waals surface area contributed by atoms with Gasteiger partial charge < -0.3 is 9.47 Å². The topological polar surface area (TPSA) is 48.4 Å². The number of benzene rings is 2. The number of hydrogen-bond acceptors (Lipinski definition) is 6. The van der Waals surface area contributed by atoms with Crippen LogP contribution in [0.1, 0.15) is 18.4 Å². The first-order chi connectivity index (χ1) is 12.8. The molecule has 1 unspecified atom stereocenters. The monoisotopic (exact) mass is 385 g/mol. The fourth-order valence-electron chi connectivity index (χ4n) is 2.67. The summed E-state index contributed by atoms with van der Waals surface area (Å²) in [5.74, 6) is 1.16. The van der Waals surface area contributed by atoms with E-state index in [-0.39, 0.29) is 12.7 Å². The Labute approximate surface area is 160 Å². The molecule has 1 heterocycles. The maximum atomic E-state index is 12.0. The van der Waals surface area contributed by atoms with Crippen LogP contribution in [-0.4, -0.2) is 23.0 Å². The van der Waals surface area contributed by atoms with Crippen LogP contribution in [0.15, 0.2) is 58.9 Å². The average molecular weight is 386 g/mol. The van der Waals surface area contributed by atoms with Crippen LogP contribution in [0.25, 0.3) is 10.2 Å². The second kappa shape index (κ2) is 8.10. The SMILES string of the molecule is O=C(OCc1ccccc1)OC(CSc1nc2ccccc2s1)C1CC1. The Bertz CT molecular complexity index is 844. The summed E-state index contributed by atoms with van der Waals surface area (Å²) in [4.78, 5) is 16.7. The molecule has 1 aliphatic rings. The van der Waals surface area contributed by atoms with Crippen molar-refractivity contribution in [3.8, 4) is 0 Å². The van der Waals surface area contributed by atoms with E-state index < -0.39 is 6.16 Å². The lowest BCUT2D eigenvalue weighted by atomic mass is 10.2. The second-order valence-corrected chi connectivity index (χ2v) is 8.57. The molecule has 2 aromatic carbocycles. The van der Waals surface area contributed by atoms with Gasteiger partial charge in [0.15, 0.2) is 4.34 Å². The van der Waals surface area contributed by atoms with Crippen molar-refractivity contribution >= 4 is 39.5 Å². The van der Waals surface area contributed by atoms with Crippen LogP contribution in [0.2, 0.25) is 0 Å². The molecule has 3 aromatic rings. The third-order valence-electron chi connectivity index (χ3n) is 4.24. The molecule has 0 spiro atoms. The first kappa shape index (κ1) is 17.4. The highest BCUT2D eigenvalue weighted by molar-refractivity contribution is 8.01. The molecule has 4 rings (SSSR count). The highest BCUT2D eigenvalue weighted by Crippen LogP contribution is 2.38. The molecule has 1 aliphatic carbocycles. The van der Waals surface area contributed by atoms with E-state index in [4.69, 9.17) is 9.47 Å². The molecule has 0 radical (unpaired) electrons. The van der Waals surface area contributed by atoms with Gasteiger partial charge in [0.1, 0.15) is 12.7 Å². The third kappa shape index (κ3) is 4.56. The molecule has 1 fully saturated rings. The molecule has 1 atom stereocenters. The normalized spacial score (nSPS) is 14.9. The Hall–Kier alpha value is -2.05. The average Bonchev–Trinajstić information content (AvgIpc) is 3.43. The van der Waals surface area contributed by atoms with Gasteiger partial charge in [-0.3, -0.25) is 0 Å². The van der Waals surface area contributed by atoms with E-state index in [1.165, 1.54) is 4.70 Å². The van der Waals surface area contributed by atoms with Gasteiger partial charge in [-0.2, -0.15) is 0 Å². The number of carbonyl (C=O) groups excluding carboxylic acids is 1. The molecule has 0 amide bonds. The van der Waals surface area contributed by atoms with Crippen molar-refractivity contribution in [1.82, 2.24) is 4.98 Å². The van der Waals surface area contributed by atoms with Crippen molar-refractivity contribution in [3.05, 3.63) is 60.2 Å². The summed E-state index contributed by atoms with van der Waals surface area (Å²) < 4.78 is 13.0. The first-order valence-corrected chi connectivity index (χ1v) is 10.4. The molecule has 1 aromatic heterocycles. The third-order valence-corrected chi connectivity index (χ3v) is 6.51. The summed E-state index contributed by atoms with van der Waals surface area (Å²) in [5, 5.41) is 0. The van der Waals surface area contributed by atoms with Crippen molar-refractivity contribution in [3.63, 3.8) is 0 Å². The number of rotatable bonds is 7. The highest BCUT2D eigenvalue weighted by atomic mass is 32.2. The lowest BCUT2D eigenvalue weighted by Gasteiger charge is -2.16. The number of thiazole rings is 1. The quantitative estimate of drug-likeness (QED) is 0.396. The minimum atomic E-state index is -0.587. The Morgan fingerprint density at radius 1 is 1.15 bits per heavy atom. The smallest absolute Gasteiger partial charge is 0.430 e. The van der Waals surface area contributed by atoms with Gasteiger partial charge in [-0.15, -0.1) is 11.3 Å². The summed E-state index contributed by atoms with van der Waals surface area (Å²) >= 11 is 3.33. The van der Waals surface area contributed by atoms with Gasteiger partial charge in [-0.1, -0.05) is 54.2 Å². The van der Waals surface area contributed by atoms with Crippen molar-refractivity contribution in [1.29, 1.82) is 0 Å². The summed E-state index contributed by atoms with van der Waals surface area (Å²) in [7, 11) is 0. The Morgan fingerprint density at radius 2 is 1.92 bits per heavy atom. The Kier molecular flexibility index (Phi) is 5.41. The van der Waals surface area contributed by atoms with Crippen molar-refractivity contribution in [2.45, 2.75) is 29.9 Å². The van der Waals surface area contributed by atoms with E-state index >= 15 is 0 Å². The van der Waals surface area contributed by atoms with Crippen LogP contribution in [-0.2, 0) is 16.1 Å². The van der Waals surface area contributed by atoms with E-state index in [2.05, 4.69) is 11.1 Å². The summed E-state index contributed by atoms with van der Waals surface area (Å²) in [5.41, 5.74) is 1.97. The molecule has 134 valence electrons. The number of nitrogens with zero attached hydrogens (tertiary/aromatic N) is 1. The summed E-state index contributed by atoms with van der Waals surface area (Å²) in [6, 6.07) is 17.7. The molecule has 4 nitrogen and oxygen atoms in total. The first-order valence-electron chi connectivity index (χ1n) is 8.63. The van der Waals surface area contributed by atoms with Crippen molar-refractivity contribution < 1.29 is 14.3 Å². The predicted octanol–water partition coefficient (Wildman–Crippen LogP) is 5.52. The number of para-hydroxylation sites is 1. The van der Waals surface area contributed by atoms with Gasteiger partial charge in [-0.25, -0.2) is 9.78 Å². The number of aromatic nitrogens is 1. The number of hydrogen-bond donors (Lipinski definition) is 0. The summed E-state index contributed by atoms with van der Waals surface area (Å²) in [6.07, 6.45) is 1.51. The molecule has 26 heavy (non-hydrogen) atoms. The van der Waals surface area contributed by atoms with Crippen LogP contribution >= 0.6 is 23.1 Å². The molecular formula is C20H19NO3S2. The zero-order valence-electron chi connectivity index (χ0n) is 14.2. The van der Waals surface area contributed by atoms with Crippen molar-refractivity contribution in [2.24, 2.45) is 5.92 Å². The van der Waals surface area contributed by atoms with Gasteiger partial charge >= 0.3 is 6.16 Å². The van der Waals surface area contributed by atoms with E-state index in [9.17, 15) is 4.79 Å². The standard InChI is InChI=1S/C20H19NO3S2/c22-20(23-12-14-6-2-1-3-7-14)24-17(15-10-11-15)13-25-19-21-16-8-4-5-9-18(16)26-19/h1-9,15,17H,10-13H2. The molecule has 0 N–H and O–H groups in total. The van der Waals surface area contributed by atoms with Crippen LogP contribution in [0, 0.1) is 5.92 Å². The zero-order chi connectivity index (χ0) is 17.8. The largest absolute Gasteiger partial charge is 0.508 e. The van der Waals surface area contributed by atoms with E-state index in [1.54, 1.807) is 23.1 Å². The maximum Gasteiger partial charge on any atom is 0.508 e. The predicted molar refractivity (Wildman–Crippen MR) is 105 cm³/mol. The molecule has 6 heteroatoms. The van der Waals surface area contributed by atoms with Gasteiger partial charge in [0.25, 0.3) is 0 Å². The van der Waals surface area contributed by atoms with E-state index in [0.717, 1.165) is 28.3 Å².